The van der Waals surface area contributed by atoms with Crippen LogP contribution in [0.25, 0.3) is 0 Å². The zero-order valence-electron chi connectivity index (χ0n) is 35.1. The van der Waals surface area contributed by atoms with Gasteiger partial charge in [0.1, 0.15) is 23.9 Å². The minimum atomic E-state index is -1.16. The van der Waals surface area contributed by atoms with Crippen LogP contribution < -0.4 is 16.0 Å². The van der Waals surface area contributed by atoms with Crippen LogP contribution in [0.4, 0.5) is 0 Å². The van der Waals surface area contributed by atoms with E-state index in [1.54, 1.807) is 24.5 Å². The molecule has 0 spiro atoms. The highest BCUT2D eigenvalue weighted by molar-refractivity contribution is 5.83. The van der Waals surface area contributed by atoms with Gasteiger partial charge in [-0.1, -0.05) is 72.8 Å². The van der Waals surface area contributed by atoms with Crippen molar-refractivity contribution in [1.29, 1.82) is 0 Å². The number of carboxylic acids is 1. The first-order chi connectivity index (χ1) is 29.2. The Labute approximate surface area is 357 Å². The lowest BCUT2D eigenvalue weighted by Crippen LogP contribution is -2.62. The van der Waals surface area contributed by atoms with Gasteiger partial charge in [-0.2, -0.15) is 0 Å². The molecule has 14 heteroatoms. The number of aromatic hydroxyl groups is 1. The number of phenols is 1. The van der Waals surface area contributed by atoms with E-state index in [2.05, 4.69) is 25.8 Å². The van der Waals surface area contributed by atoms with Gasteiger partial charge in [0, 0.05) is 63.0 Å². The van der Waals surface area contributed by atoms with Crippen LogP contribution in [0.15, 0.2) is 103 Å². The second kappa shape index (κ2) is 20.7. The van der Waals surface area contributed by atoms with Crippen molar-refractivity contribution in [2.45, 2.75) is 88.9 Å². The number of carbonyl (C=O) groups is 4. The molecule has 2 aliphatic rings. The van der Waals surface area contributed by atoms with Gasteiger partial charge in [-0.3, -0.25) is 39.3 Å². The molecule has 1 aliphatic carbocycles. The van der Waals surface area contributed by atoms with E-state index in [1.807, 2.05) is 92.4 Å². The van der Waals surface area contributed by atoms with Crippen molar-refractivity contribution in [2.24, 2.45) is 5.92 Å². The van der Waals surface area contributed by atoms with Crippen molar-refractivity contribution >= 4 is 23.8 Å². The Bertz CT molecular complexity index is 2080. The number of aliphatic hydroxyl groups is 1. The monoisotopic (exact) mass is 834 g/mol. The van der Waals surface area contributed by atoms with Gasteiger partial charge < -0.3 is 30.7 Å². The molecule has 1 fully saturated rings. The highest BCUT2D eigenvalue weighted by Gasteiger charge is 2.38. The fraction of sp³-hybridized carbons (Fsp3) is 0.426. The SMILES string of the molecule is CC(C)(C)NC(=O)[C@@H]1CN(Cc2cccnc2)CCN1C[C@H](C[C@@H](Cc1ccccc1)C(=O)N[C@H]1c2ccccc2C[C@H]1O)OC(=O)CN[C@@H](Cc1ccc(O)cc1)C(=O)O. The molecule has 1 aliphatic heterocycles. The number of aromatic nitrogens is 1. The van der Waals surface area contributed by atoms with Gasteiger partial charge in [0.2, 0.25) is 11.8 Å². The van der Waals surface area contributed by atoms with Crippen molar-refractivity contribution in [2.75, 3.05) is 32.7 Å². The molecule has 14 nitrogen and oxygen atoms in total. The Morgan fingerprint density at radius 3 is 2.30 bits per heavy atom. The number of nitrogens with zero attached hydrogens (tertiary/aromatic N) is 3. The van der Waals surface area contributed by atoms with Gasteiger partial charge in [-0.05, 0) is 86.1 Å². The van der Waals surface area contributed by atoms with Crippen LogP contribution in [-0.2, 0) is 49.7 Å². The molecule has 2 heterocycles. The van der Waals surface area contributed by atoms with E-state index in [1.165, 1.54) is 12.1 Å². The molecule has 6 atom stereocenters. The Balaban J connectivity index is 1.26. The molecular formula is C47H58N6O8. The zero-order valence-corrected chi connectivity index (χ0v) is 35.1. The summed E-state index contributed by atoms with van der Waals surface area (Å²) in [6.45, 7) is 7.50. The van der Waals surface area contributed by atoms with Crippen LogP contribution in [0.3, 0.4) is 0 Å². The number of carbonyl (C=O) groups excluding carboxylic acids is 3. The van der Waals surface area contributed by atoms with Gasteiger partial charge >= 0.3 is 11.9 Å². The second-order valence-corrected chi connectivity index (χ2v) is 17.2. The number of pyridine rings is 1. The fourth-order valence-electron chi connectivity index (χ4n) is 8.18. The van der Waals surface area contributed by atoms with Crippen LogP contribution in [-0.4, -0.2) is 116 Å². The van der Waals surface area contributed by atoms with E-state index >= 15 is 0 Å². The summed E-state index contributed by atoms with van der Waals surface area (Å²) >= 11 is 0. The lowest BCUT2D eigenvalue weighted by atomic mass is 9.91. The minimum absolute atomic E-state index is 0.0507. The molecule has 1 aromatic heterocycles. The van der Waals surface area contributed by atoms with Crippen molar-refractivity contribution < 1.29 is 39.2 Å². The number of ether oxygens (including phenoxy) is 1. The topological polar surface area (TPSA) is 194 Å². The second-order valence-electron chi connectivity index (χ2n) is 17.2. The highest BCUT2D eigenvalue weighted by atomic mass is 16.5. The summed E-state index contributed by atoms with van der Waals surface area (Å²) in [4.78, 5) is 63.0. The molecule has 0 saturated carbocycles. The van der Waals surface area contributed by atoms with E-state index in [0.29, 0.717) is 44.6 Å². The van der Waals surface area contributed by atoms with Gasteiger partial charge in [0.25, 0.3) is 0 Å². The predicted molar refractivity (Wildman–Crippen MR) is 229 cm³/mol. The zero-order chi connectivity index (χ0) is 43.5. The van der Waals surface area contributed by atoms with Crippen LogP contribution in [0.1, 0.15) is 61.1 Å². The predicted octanol–water partition coefficient (Wildman–Crippen LogP) is 3.41. The molecule has 61 heavy (non-hydrogen) atoms. The Kier molecular flexibility index (Phi) is 15.3. The maximum Gasteiger partial charge on any atom is 0.321 e. The van der Waals surface area contributed by atoms with E-state index in [4.69, 9.17) is 4.74 Å². The third kappa shape index (κ3) is 13.2. The van der Waals surface area contributed by atoms with E-state index in [0.717, 1.165) is 22.3 Å². The third-order valence-electron chi connectivity index (χ3n) is 11.2. The number of benzene rings is 3. The summed E-state index contributed by atoms with van der Waals surface area (Å²) in [7, 11) is 0. The lowest BCUT2D eigenvalue weighted by Gasteiger charge is -2.42. The smallest absolute Gasteiger partial charge is 0.321 e. The molecule has 6 N–H and O–H groups in total. The summed E-state index contributed by atoms with van der Waals surface area (Å²) in [5.74, 6) is -3.04. The summed E-state index contributed by atoms with van der Waals surface area (Å²) in [5, 5.41) is 39.8. The van der Waals surface area contributed by atoms with Crippen LogP contribution in [0.5, 0.6) is 5.75 Å². The van der Waals surface area contributed by atoms with Gasteiger partial charge in [0.05, 0.1) is 18.7 Å². The first kappa shape index (κ1) is 44.9. The molecule has 3 aromatic carbocycles. The van der Waals surface area contributed by atoms with Crippen LogP contribution >= 0.6 is 0 Å². The molecule has 2 amide bonds. The van der Waals surface area contributed by atoms with Crippen molar-refractivity contribution in [3.05, 3.63) is 131 Å². The maximum atomic E-state index is 14.5. The number of hydrogen-bond acceptors (Lipinski definition) is 11. The summed E-state index contributed by atoms with van der Waals surface area (Å²) in [6.07, 6.45) is 2.66. The number of amides is 2. The van der Waals surface area contributed by atoms with Gasteiger partial charge in [0.15, 0.2) is 0 Å². The number of aliphatic carboxylic acids is 1. The normalized spacial score (nSPS) is 19.6. The van der Waals surface area contributed by atoms with E-state index in [-0.39, 0.29) is 37.0 Å². The molecule has 1 saturated heterocycles. The third-order valence-corrected chi connectivity index (χ3v) is 11.2. The Morgan fingerprint density at radius 2 is 1.59 bits per heavy atom. The number of nitrogens with one attached hydrogen (secondary N) is 3. The highest BCUT2D eigenvalue weighted by Crippen LogP contribution is 2.32. The van der Waals surface area contributed by atoms with Crippen molar-refractivity contribution in [3.63, 3.8) is 0 Å². The molecule has 0 unspecified atom stereocenters. The fourth-order valence-corrected chi connectivity index (χ4v) is 8.18. The lowest BCUT2D eigenvalue weighted by molar-refractivity contribution is -0.152. The van der Waals surface area contributed by atoms with Crippen molar-refractivity contribution in [1.82, 2.24) is 30.7 Å². The minimum Gasteiger partial charge on any atom is -0.508 e. The summed E-state index contributed by atoms with van der Waals surface area (Å²) in [6, 6.07) is 24.8. The average molecular weight is 835 g/mol. The molecule has 4 aromatic rings. The maximum absolute atomic E-state index is 14.5. The largest absolute Gasteiger partial charge is 0.508 e. The van der Waals surface area contributed by atoms with Gasteiger partial charge in [-0.15, -0.1) is 0 Å². The quantitative estimate of drug-likeness (QED) is 0.0802. The molecule has 324 valence electrons. The number of phenolic OH excluding ortho intramolecular Hbond substituents is 1. The average Bonchev–Trinajstić information content (AvgIpc) is 3.54. The standard InChI is InChI=1S/C47H58N6O8/c1-47(2,3)51-45(58)40-30-52(28-33-12-9-19-48-26-33)20-21-53(40)29-37(61-42(56)27-49-39(46(59)60)23-32-15-17-36(54)18-16-32)24-35(22-31-10-5-4-6-11-31)44(57)50-43-38-14-8-7-13-34(38)25-41(43)55/h4-19,26,35,37,39-41,43,49,54-55H,20-25,27-30H2,1-3H3,(H,50,57)(H,51,58)(H,59,60)/t35-,37+,39+,40+,41-,43+/m1/s1. The number of aliphatic hydroxyl groups excluding tert-OH is 1. The molecule has 0 bridgehead atoms. The van der Waals surface area contributed by atoms with Crippen LogP contribution in [0, 0.1) is 5.92 Å². The Hall–Kier alpha value is -5.67. The Morgan fingerprint density at radius 1 is 0.885 bits per heavy atom. The first-order valence-electron chi connectivity index (χ1n) is 20.9. The number of carboxylic acid groups (broad SMARTS) is 1. The van der Waals surface area contributed by atoms with Crippen molar-refractivity contribution in [3.8, 4) is 5.75 Å². The molecule has 6 rings (SSSR count). The summed E-state index contributed by atoms with van der Waals surface area (Å²) < 4.78 is 6.21. The van der Waals surface area contributed by atoms with Crippen LogP contribution in [0.2, 0.25) is 0 Å². The first-order valence-corrected chi connectivity index (χ1v) is 20.9. The number of rotatable bonds is 18. The van der Waals surface area contributed by atoms with Gasteiger partial charge in [-0.25, -0.2) is 0 Å². The number of piperazine rings is 1. The number of hydrogen-bond donors (Lipinski definition) is 6. The number of esters is 1. The summed E-state index contributed by atoms with van der Waals surface area (Å²) in [5.41, 5.74) is 3.86. The number of fused-ring (bicyclic) bond motifs is 1. The van der Waals surface area contributed by atoms with E-state index in [9.17, 15) is 34.5 Å². The van der Waals surface area contributed by atoms with E-state index < -0.39 is 60.3 Å². The molecule has 0 radical (unpaired) electrons. The molecular weight excluding hydrogens is 777 g/mol.